The van der Waals surface area contributed by atoms with Gasteiger partial charge in [0.2, 0.25) is 0 Å². The van der Waals surface area contributed by atoms with Crippen LogP contribution >= 0.6 is 0 Å². The van der Waals surface area contributed by atoms with Crippen molar-refractivity contribution in [3.63, 3.8) is 0 Å². The SMILES string of the molecule is CCCCCC1CCCc2ccccc2C1NCCC. The molecule has 0 amide bonds. The number of fused-ring (bicyclic) bond motifs is 1. The summed E-state index contributed by atoms with van der Waals surface area (Å²) in [5.41, 5.74) is 3.17. The first kappa shape index (κ1) is 15.6. The molecule has 1 nitrogen and oxygen atoms in total. The molecule has 1 aliphatic carbocycles. The number of rotatable bonds is 7. The van der Waals surface area contributed by atoms with Crippen LogP contribution in [-0.2, 0) is 6.42 Å². The van der Waals surface area contributed by atoms with E-state index in [9.17, 15) is 0 Å². The van der Waals surface area contributed by atoms with Crippen LogP contribution in [0.5, 0.6) is 0 Å². The van der Waals surface area contributed by atoms with Gasteiger partial charge in [0.25, 0.3) is 0 Å². The molecule has 1 N–H and O–H groups in total. The Labute approximate surface area is 125 Å². The van der Waals surface area contributed by atoms with Crippen molar-refractivity contribution in [2.45, 2.75) is 71.3 Å². The number of hydrogen-bond donors (Lipinski definition) is 1. The minimum atomic E-state index is 0.588. The Morgan fingerprint density at radius 1 is 1.10 bits per heavy atom. The fourth-order valence-electron chi connectivity index (χ4n) is 3.58. The number of nitrogens with one attached hydrogen (secondary N) is 1. The molecular weight excluding hydrogens is 242 g/mol. The van der Waals surface area contributed by atoms with Gasteiger partial charge in [-0.05, 0) is 55.7 Å². The summed E-state index contributed by atoms with van der Waals surface area (Å²) in [6.45, 7) is 5.71. The Bertz CT molecular complexity index is 385. The van der Waals surface area contributed by atoms with Crippen molar-refractivity contribution in [1.29, 1.82) is 0 Å². The highest BCUT2D eigenvalue weighted by atomic mass is 14.9. The van der Waals surface area contributed by atoms with Crippen LogP contribution in [0.15, 0.2) is 24.3 Å². The smallest absolute Gasteiger partial charge is 0.0351 e. The van der Waals surface area contributed by atoms with Gasteiger partial charge in [-0.1, -0.05) is 57.4 Å². The van der Waals surface area contributed by atoms with Gasteiger partial charge >= 0.3 is 0 Å². The number of benzene rings is 1. The minimum absolute atomic E-state index is 0.588. The monoisotopic (exact) mass is 273 g/mol. The van der Waals surface area contributed by atoms with E-state index < -0.39 is 0 Å². The molecule has 0 radical (unpaired) electrons. The van der Waals surface area contributed by atoms with Gasteiger partial charge in [0, 0.05) is 6.04 Å². The van der Waals surface area contributed by atoms with Gasteiger partial charge in [0.15, 0.2) is 0 Å². The average molecular weight is 273 g/mol. The molecule has 1 aromatic rings. The van der Waals surface area contributed by atoms with Crippen LogP contribution in [-0.4, -0.2) is 6.54 Å². The molecule has 0 saturated carbocycles. The van der Waals surface area contributed by atoms with Gasteiger partial charge in [0.05, 0.1) is 0 Å². The summed E-state index contributed by atoms with van der Waals surface area (Å²) in [6, 6.07) is 9.71. The standard InChI is InChI=1S/C19H31N/c1-3-5-6-11-17-13-9-12-16-10-7-8-14-18(16)19(17)20-15-4-2/h7-8,10,14,17,19-20H,3-6,9,11-13,15H2,1-2H3. The fourth-order valence-corrected chi connectivity index (χ4v) is 3.58. The second-order valence-corrected chi connectivity index (χ2v) is 6.28. The second kappa shape index (κ2) is 8.46. The summed E-state index contributed by atoms with van der Waals surface area (Å²) in [4.78, 5) is 0. The Hall–Kier alpha value is -0.820. The first-order valence-electron chi connectivity index (χ1n) is 8.68. The molecular formula is C19H31N. The van der Waals surface area contributed by atoms with Crippen molar-refractivity contribution in [3.05, 3.63) is 35.4 Å². The summed E-state index contributed by atoms with van der Waals surface area (Å²) in [7, 11) is 0. The maximum Gasteiger partial charge on any atom is 0.0351 e. The van der Waals surface area contributed by atoms with Gasteiger partial charge in [-0.15, -0.1) is 0 Å². The lowest BCUT2D eigenvalue weighted by molar-refractivity contribution is 0.315. The molecule has 2 unspecified atom stereocenters. The Kier molecular flexibility index (Phi) is 6.59. The lowest BCUT2D eigenvalue weighted by Gasteiger charge is -2.28. The van der Waals surface area contributed by atoms with Gasteiger partial charge in [-0.2, -0.15) is 0 Å². The molecule has 0 fully saturated rings. The topological polar surface area (TPSA) is 12.0 Å². The molecule has 0 aliphatic heterocycles. The van der Waals surface area contributed by atoms with E-state index in [0.29, 0.717) is 6.04 Å². The van der Waals surface area contributed by atoms with Crippen molar-refractivity contribution in [1.82, 2.24) is 5.32 Å². The van der Waals surface area contributed by atoms with Crippen LogP contribution < -0.4 is 5.32 Å². The van der Waals surface area contributed by atoms with E-state index >= 15 is 0 Å². The maximum absolute atomic E-state index is 3.84. The number of unbranched alkanes of at least 4 members (excludes halogenated alkanes) is 2. The van der Waals surface area contributed by atoms with Crippen molar-refractivity contribution in [2.75, 3.05) is 6.54 Å². The van der Waals surface area contributed by atoms with Gasteiger partial charge in [-0.25, -0.2) is 0 Å². The van der Waals surface area contributed by atoms with Gasteiger partial charge in [0.1, 0.15) is 0 Å². The molecule has 112 valence electrons. The number of hydrogen-bond acceptors (Lipinski definition) is 1. The molecule has 0 spiro atoms. The maximum atomic E-state index is 3.84. The highest BCUT2D eigenvalue weighted by Crippen LogP contribution is 2.36. The van der Waals surface area contributed by atoms with Crippen LogP contribution in [0.1, 0.15) is 76.0 Å². The van der Waals surface area contributed by atoms with Crippen LogP contribution in [0.25, 0.3) is 0 Å². The van der Waals surface area contributed by atoms with Gasteiger partial charge < -0.3 is 5.32 Å². The number of aryl methyl sites for hydroxylation is 1. The largest absolute Gasteiger partial charge is 0.310 e. The van der Waals surface area contributed by atoms with Crippen molar-refractivity contribution in [2.24, 2.45) is 5.92 Å². The first-order chi connectivity index (χ1) is 9.86. The zero-order valence-electron chi connectivity index (χ0n) is 13.3. The predicted molar refractivity (Wildman–Crippen MR) is 88.0 cm³/mol. The first-order valence-corrected chi connectivity index (χ1v) is 8.68. The van der Waals surface area contributed by atoms with Crippen molar-refractivity contribution in [3.8, 4) is 0 Å². The summed E-state index contributed by atoms with van der Waals surface area (Å²) < 4.78 is 0. The van der Waals surface area contributed by atoms with E-state index in [1.54, 1.807) is 11.1 Å². The van der Waals surface area contributed by atoms with Crippen molar-refractivity contribution >= 4 is 0 Å². The molecule has 1 aliphatic rings. The minimum Gasteiger partial charge on any atom is -0.310 e. The molecule has 20 heavy (non-hydrogen) atoms. The Morgan fingerprint density at radius 2 is 1.95 bits per heavy atom. The summed E-state index contributed by atoms with van der Waals surface area (Å²) >= 11 is 0. The van der Waals surface area contributed by atoms with E-state index in [1.165, 1.54) is 51.4 Å². The van der Waals surface area contributed by atoms with Crippen LogP contribution in [0, 0.1) is 5.92 Å². The molecule has 0 saturated heterocycles. The fraction of sp³-hybridized carbons (Fsp3) is 0.684. The van der Waals surface area contributed by atoms with E-state index in [1.807, 2.05) is 0 Å². The highest BCUT2D eigenvalue weighted by molar-refractivity contribution is 5.31. The Morgan fingerprint density at radius 3 is 2.75 bits per heavy atom. The van der Waals surface area contributed by atoms with Crippen LogP contribution in [0.4, 0.5) is 0 Å². The Balaban J connectivity index is 2.13. The average Bonchev–Trinajstić information content (AvgIpc) is 2.65. The molecule has 1 aromatic carbocycles. The summed E-state index contributed by atoms with van der Waals surface area (Å²) in [6.07, 6.45) is 10.7. The van der Waals surface area contributed by atoms with E-state index in [2.05, 4.69) is 43.4 Å². The molecule has 2 atom stereocenters. The zero-order chi connectivity index (χ0) is 14.2. The zero-order valence-corrected chi connectivity index (χ0v) is 13.3. The molecule has 0 heterocycles. The van der Waals surface area contributed by atoms with E-state index in [4.69, 9.17) is 0 Å². The molecule has 1 heteroatoms. The molecule has 0 bridgehead atoms. The predicted octanol–water partition coefficient (Wildman–Crippen LogP) is 5.26. The lowest BCUT2D eigenvalue weighted by Crippen LogP contribution is -2.29. The molecule has 0 aromatic heterocycles. The summed E-state index contributed by atoms with van der Waals surface area (Å²) in [5.74, 6) is 0.830. The van der Waals surface area contributed by atoms with Crippen LogP contribution in [0.3, 0.4) is 0 Å². The second-order valence-electron chi connectivity index (χ2n) is 6.28. The molecule has 2 rings (SSSR count). The third kappa shape index (κ3) is 4.09. The lowest BCUT2D eigenvalue weighted by atomic mass is 9.86. The third-order valence-electron chi connectivity index (χ3n) is 4.68. The van der Waals surface area contributed by atoms with Crippen LogP contribution in [0.2, 0.25) is 0 Å². The van der Waals surface area contributed by atoms with E-state index in [0.717, 1.165) is 12.5 Å². The normalized spacial score (nSPS) is 22.3. The van der Waals surface area contributed by atoms with Crippen molar-refractivity contribution < 1.29 is 0 Å². The highest BCUT2D eigenvalue weighted by Gasteiger charge is 2.26. The summed E-state index contributed by atoms with van der Waals surface area (Å²) in [5, 5.41) is 3.84. The van der Waals surface area contributed by atoms with E-state index in [-0.39, 0.29) is 0 Å². The van der Waals surface area contributed by atoms with Gasteiger partial charge in [-0.3, -0.25) is 0 Å². The quantitative estimate of drug-likeness (QED) is 0.528. The third-order valence-corrected chi connectivity index (χ3v) is 4.68.